The first kappa shape index (κ1) is 5.16. The number of hydrogen-bond donors (Lipinski definition) is 0. The second-order valence-corrected chi connectivity index (χ2v) is 2.40. The molecule has 0 radical (unpaired) electrons. The molecule has 0 aromatic heterocycles. The predicted octanol–water partition coefficient (Wildman–Crippen LogP) is 1.54. The largest absolute Gasteiger partial charge is 0.283 e. The number of hydrogen-bond acceptors (Lipinski definition) is 2. The molecule has 7 heavy (non-hydrogen) atoms. The van der Waals surface area contributed by atoms with Gasteiger partial charge in [-0.1, -0.05) is 0 Å². The van der Waals surface area contributed by atoms with Crippen molar-refractivity contribution in [3.8, 4) is 0 Å². The van der Waals surface area contributed by atoms with Gasteiger partial charge in [0.2, 0.25) is 0 Å². The average Bonchev–Trinajstić information content (AvgIpc) is 2.42. The first-order valence-corrected chi connectivity index (χ1v) is 3.76. The maximum absolute atomic E-state index is 4.19. The van der Waals surface area contributed by atoms with Gasteiger partial charge in [0, 0.05) is 0 Å². The Balaban J connectivity index is 2.05. The van der Waals surface area contributed by atoms with Crippen LogP contribution in [0.2, 0.25) is 0 Å². The van der Waals surface area contributed by atoms with Crippen molar-refractivity contribution in [1.29, 1.82) is 0 Å². The van der Waals surface area contributed by atoms with Crippen LogP contribution < -0.4 is 0 Å². The molecule has 1 saturated carbocycles. The summed E-state index contributed by atoms with van der Waals surface area (Å²) in [4.78, 5) is 4.19. The Labute approximate surface area is 48.2 Å². The molecule has 40 valence electrons. The first-order chi connectivity index (χ1) is 3.43. The number of nitrogens with zero attached hydrogens (tertiary/aromatic N) is 1. The lowest BCUT2D eigenvalue weighted by molar-refractivity contribution is 1.08. The molecule has 1 nitrogen and oxygen atoms in total. The van der Waals surface area contributed by atoms with Crippen molar-refractivity contribution >= 4 is 17.3 Å². The van der Waals surface area contributed by atoms with Crippen molar-refractivity contribution < 1.29 is 0 Å². The zero-order chi connectivity index (χ0) is 5.11. The van der Waals surface area contributed by atoms with E-state index < -0.39 is 0 Å². The summed E-state index contributed by atoms with van der Waals surface area (Å²) in [5.41, 5.74) is 1.93. The lowest BCUT2D eigenvalue weighted by atomic mass is 10.8. The molecule has 1 aliphatic carbocycles. The third kappa shape index (κ3) is 1.97. The van der Waals surface area contributed by atoms with Crippen LogP contribution in [0.4, 0.5) is 0 Å². The molecule has 1 fully saturated rings. The third-order valence-corrected chi connectivity index (χ3v) is 1.26. The molecule has 0 bridgehead atoms. The van der Waals surface area contributed by atoms with E-state index >= 15 is 0 Å². The van der Waals surface area contributed by atoms with Gasteiger partial charge in [-0.3, -0.25) is 4.99 Å². The van der Waals surface area contributed by atoms with Gasteiger partial charge in [-0.05, 0) is 19.1 Å². The Morgan fingerprint density at radius 3 is 2.86 bits per heavy atom. The summed E-state index contributed by atoms with van der Waals surface area (Å²) in [6.07, 6.45) is 4.67. The van der Waals surface area contributed by atoms with Crippen LogP contribution in [0.25, 0.3) is 0 Å². The van der Waals surface area contributed by atoms with E-state index in [0.717, 1.165) is 0 Å². The molecular weight excluding hydrogens is 106 g/mol. The van der Waals surface area contributed by atoms with E-state index in [0.29, 0.717) is 6.04 Å². The van der Waals surface area contributed by atoms with Crippen LogP contribution in [0, 0.1) is 0 Å². The van der Waals surface area contributed by atoms with E-state index in [4.69, 9.17) is 0 Å². The highest BCUT2D eigenvalue weighted by Gasteiger charge is 2.18. The summed E-state index contributed by atoms with van der Waals surface area (Å²) in [7, 11) is 0. The zero-order valence-electron chi connectivity index (χ0n) is 4.42. The topological polar surface area (TPSA) is 12.4 Å². The minimum absolute atomic E-state index is 0.701. The quantitative estimate of drug-likeness (QED) is 0.393. The molecule has 0 aromatic carbocycles. The van der Waals surface area contributed by atoms with Crippen molar-refractivity contribution in [3.05, 3.63) is 0 Å². The van der Waals surface area contributed by atoms with Crippen LogP contribution in [0.5, 0.6) is 0 Å². The molecule has 0 saturated heterocycles. The van der Waals surface area contributed by atoms with Crippen LogP contribution >= 0.6 is 11.8 Å². The van der Waals surface area contributed by atoms with Crippen LogP contribution in [-0.2, 0) is 0 Å². The summed E-state index contributed by atoms with van der Waals surface area (Å²) in [5, 5.41) is 0. The van der Waals surface area contributed by atoms with E-state index in [2.05, 4.69) is 4.99 Å². The Morgan fingerprint density at radius 2 is 2.43 bits per heavy atom. The fraction of sp³-hybridized carbons (Fsp3) is 0.800. The summed E-state index contributed by atoms with van der Waals surface area (Å²) in [5.74, 6) is 0. The lowest BCUT2D eigenvalue weighted by Gasteiger charge is -1.76. The lowest BCUT2D eigenvalue weighted by Crippen LogP contribution is -1.70. The highest BCUT2D eigenvalue weighted by Crippen LogP contribution is 2.23. The van der Waals surface area contributed by atoms with Gasteiger partial charge in [0.1, 0.15) is 0 Å². The molecule has 1 rings (SSSR count). The summed E-state index contributed by atoms with van der Waals surface area (Å²) in [6.45, 7) is 0. The van der Waals surface area contributed by atoms with Crippen molar-refractivity contribution in [2.24, 2.45) is 4.99 Å². The van der Waals surface area contributed by atoms with Gasteiger partial charge in [0.25, 0.3) is 0 Å². The molecular formula is C5H9NS. The third-order valence-electron chi connectivity index (χ3n) is 0.924. The van der Waals surface area contributed by atoms with E-state index in [1.54, 1.807) is 11.8 Å². The van der Waals surface area contributed by atoms with E-state index in [1.165, 1.54) is 12.8 Å². The van der Waals surface area contributed by atoms with Gasteiger partial charge >= 0.3 is 0 Å². The van der Waals surface area contributed by atoms with E-state index in [9.17, 15) is 0 Å². The fourth-order valence-electron chi connectivity index (χ4n) is 0.371. The highest BCUT2D eigenvalue weighted by atomic mass is 32.2. The summed E-state index contributed by atoms with van der Waals surface area (Å²) in [6, 6.07) is 0.701. The molecule has 0 spiro atoms. The van der Waals surface area contributed by atoms with Gasteiger partial charge in [0.05, 0.1) is 11.6 Å². The second kappa shape index (κ2) is 2.36. The van der Waals surface area contributed by atoms with Crippen LogP contribution in [0.1, 0.15) is 12.8 Å². The molecule has 0 unspecified atom stereocenters. The number of thioether (sulfide) groups is 1. The monoisotopic (exact) mass is 115 g/mol. The Morgan fingerprint density at radius 1 is 1.71 bits per heavy atom. The minimum atomic E-state index is 0.701. The highest BCUT2D eigenvalue weighted by molar-refractivity contribution is 8.11. The zero-order valence-corrected chi connectivity index (χ0v) is 5.24. The Hall–Kier alpha value is 0.0200. The van der Waals surface area contributed by atoms with Crippen LogP contribution in [0.15, 0.2) is 4.99 Å². The summed E-state index contributed by atoms with van der Waals surface area (Å²) >= 11 is 1.68. The van der Waals surface area contributed by atoms with E-state index in [1.807, 2.05) is 11.8 Å². The maximum atomic E-state index is 4.19. The maximum Gasteiger partial charge on any atom is 0.0541 e. The minimum Gasteiger partial charge on any atom is -0.283 e. The molecule has 2 heteroatoms. The molecule has 0 aromatic rings. The molecule has 0 amide bonds. The normalized spacial score (nSPS) is 21.3. The Bertz CT molecular complexity index is 76.1. The molecule has 1 aliphatic rings. The predicted molar refractivity (Wildman–Crippen MR) is 35.0 cm³/mol. The van der Waals surface area contributed by atoms with Crippen molar-refractivity contribution in [3.63, 3.8) is 0 Å². The van der Waals surface area contributed by atoms with Gasteiger partial charge in [0.15, 0.2) is 0 Å². The summed E-state index contributed by atoms with van der Waals surface area (Å²) < 4.78 is 0. The van der Waals surface area contributed by atoms with Crippen molar-refractivity contribution in [1.82, 2.24) is 0 Å². The van der Waals surface area contributed by atoms with Crippen molar-refractivity contribution in [2.45, 2.75) is 18.9 Å². The molecule has 0 aliphatic heterocycles. The van der Waals surface area contributed by atoms with Gasteiger partial charge in [-0.25, -0.2) is 0 Å². The standard InChI is InChI=1S/C5H9NS/c1-7-4-6-5-2-3-5/h4-5H,2-3H2,1H3. The van der Waals surface area contributed by atoms with Gasteiger partial charge in [-0.2, -0.15) is 0 Å². The van der Waals surface area contributed by atoms with E-state index in [-0.39, 0.29) is 0 Å². The van der Waals surface area contributed by atoms with Crippen molar-refractivity contribution in [2.75, 3.05) is 6.26 Å². The average molecular weight is 115 g/mol. The SMILES string of the molecule is CSC=NC1CC1. The number of rotatable bonds is 2. The Kier molecular flexibility index (Phi) is 1.74. The number of aliphatic imine (C=N–C) groups is 1. The van der Waals surface area contributed by atoms with Gasteiger partial charge in [-0.15, -0.1) is 11.8 Å². The molecule has 0 N–H and O–H groups in total. The fourth-order valence-corrected chi connectivity index (χ4v) is 0.664. The smallest absolute Gasteiger partial charge is 0.0541 e. The molecule has 0 atom stereocenters. The van der Waals surface area contributed by atoms with Crippen LogP contribution in [-0.4, -0.2) is 17.8 Å². The molecule has 0 heterocycles. The van der Waals surface area contributed by atoms with Crippen LogP contribution in [0.3, 0.4) is 0 Å². The van der Waals surface area contributed by atoms with Gasteiger partial charge < -0.3 is 0 Å². The second-order valence-electron chi connectivity index (χ2n) is 1.72. The first-order valence-electron chi connectivity index (χ1n) is 2.48.